The maximum absolute atomic E-state index is 12.9. The quantitative estimate of drug-likeness (QED) is 0.457. The molecule has 0 fully saturated rings. The number of aromatic nitrogens is 2. The van der Waals surface area contributed by atoms with Gasteiger partial charge in [-0.05, 0) is 48.5 Å². The van der Waals surface area contributed by atoms with Crippen LogP contribution in [0.25, 0.3) is 11.0 Å². The molecular weight excluding hydrogens is 359 g/mol. The molecular formula is C21H15FN4O2. The van der Waals surface area contributed by atoms with Crippen molar-refractivity contribution < 1.29 is 14.0 Å². The van der Waals surface area contributed by atoms with Crippen LogP contribution in [0.2, 0.25) is 0 Å². The monoisotopic (exact) mass is 374 g/mol. The van der Waals surface area contributed by atoms with Crippen molar-refractivity contribution in [3.8, 4) is 0 Å². The Kier molecular flexibility index (Phi) is 4.55. The number of hydrogen-bond donors (Lipinski definition) is 3. The molecule has 4 aromatic rings. The fraction of sp³-hybridized carbons (Fsp3) is 0. The SMILES string of the molecule is O=C(Nc1ccc(F)cc1)Nc1cccc(C(=O)c2c[nH]c3ncccc23)c1. The molecule has 0 spiro atoms. The van der Waals surface area contributed by atoms with Gasteiger partial charge in [0, 0.05) is 40.3 Å². The first-order chi connectivity index (χ1) is 13.6. The van der Waals surface area contributed by atoms with Gasteiger partial charge in [0.2, 0.25) is 0 Å². The first-order valence-electron chi connectivity index (χ1n) is 8.50. The lowest BCUT2D eigenvalue weighted by atomic mass is 10.0. The second-order valence-corrected chi connectivity index (χ2v) is 6.10. The summed E-state index contributed by atoms with van der Waals surface area (Å²) in [4.78, 5) is 32.2. The van der Waals surface area contributed by atoms with Gasteiger partial charge in [-0.15, -0.1) is 0 Å². The summed E-state index contributed by atoms with van der Waals surface area (Å²) in [5.74, 6) is -0.563. The number of hydrogen-bond acceptors (Lipinski definition) is 3. The smallest absolute Gasteiger partial charge is 0.323 e. The van der Waals surface area contributed by atoms with E-state index in [1.807, 2.05) is 6.07 Å². The number of rotatable bonds is 4. The van der Waals surface area contributed by atoms with Crippen molar-refractivity contribution in [2.45, 2.75) is 0 Å². The van der Waals surface area contributed by atoms with Crippen LogP contribution < -0.4 is 10.6 Å². The molecule has 0 aliphatic heterocycles. The molecule has 7 heteroatoms. The molecule has 138 valence electrons. The number of nitrogens with zero attached hydrogens (tertiary/aromatic N) is 1. The molecule has 0 aliphatic carbocycles. The van der Waals surface area contributed by atoms with E-state index in [0.29, 0.717) is 28.1 Å². The zero-order valence-electron chi connectivity index (χ0n) is 14.6. The Morgan fingerprint density at radius 2 is 1.71 bits per heavy atom. The Balaban J connectivity index is 1.51. The Morgan fingerprint density at radius 3 is 2.54 bits per heavy atom. The molecule has 0 aliphatic rings. The van der Waals surface area contributed by atoms with Crippen molar-refractivity contribution in [1.82, 2.24) is 9.97 Å². The minimum atomic E-state index is -0.493. The van der Waals surface area contributed by atoms with E-state index in [0.717, 1.165) is 5.39 Å². The minimum absolute atomic E-state index is 0.179. The molecule has 2 amide bonds. The van der Waals surface area contributed by atoms with Crippen LogP contribution in [0.1, 0.15) is 15.9 Å². The summed E-state index contributed by atoms with van der Waals surface area (Å²) in [6.07, 6.45) is 3.28. The molecule has 0 saturated carbocycles. The number of amides is 2. The number of carbonyl (C=O) groups is 2. The van der Waals surface area contributed by atoms with E-state index >= 15 is 0 Å². The number of anilines is 2. The molecule has 3 N–H and O–H groups in total. The summed E-state index contributed by atoms with van der Waals surface area (Å²) in [6.45, 7) is 0. The molecule has 2 heterocycles. The molecule has 6 nitrogen and oxygen atoms in total. The summed E-state index contributed by atoms with van der Waals surface area (Å²) in [5, 5.41) is 6.01. The van der Waals surface area contributed by atoms with Gasteiger partial charge >= 0.3 is 6.03 Å². The van der Waals surface area contributed by atoms with E-state index in [-0.39, 0.29) is 11.6 Å². The maximum Gasteiger partial charge on any atom is 0.323 e. The van der Waals surface area contributed by atoms with Crippen LogP contribution >= 0.6 is 0 Å². The molecule has 0 unspecified atom stereocenters. The third kappa shape index (κ3) is 3.59. The van der Waals surface area contributed by atoms with Crippen molar-refractivity contribution in [2.75, 3.05) is 10.6 Å². The summed E-state index contributed by atoms with van der Waals surface area (Å²) in [7, 11) is 0. The van der Waals surface area contributed by atoms with E-state index in [4.69, 9.17) is 0 Å². The molecule has 4 rings (SSSR count). The fourth-order valence-corrected chi connectivity index (χ4v) is 2.86. The lowest BCUT2D eigenvalue weighted by molar-refractivity contribution is 0.104. The predicted octanol–water partition coefficient (Wildman–Crippen LogP) is 4.58. The average Bonchev–Trinajstić information content (AvgIpc) is 3.13. The standard InChI is InChI=1S/C21H15FN4O2/c22-14-6-8-15(9-7-14)25-21(28)26-16-4-1-3-13(11-16)19(27)18-12-24-20-17(18)5-2-10-23-20/h1-12H,(H,23,24)(H2,25,26,28). The number of H-pyrrole nitrogens is 1. The summed E-state index contributed by atoms with van der Waals surface area (Å²) >= 11 is 0. The van der Waals surface area contributed by atoms with Crippen molar-refractivity contribution in [1.29, 1.82) is 0 Å². The van der Waals surface area contributed by atoms with Gasteiger partial charge < -0.3 is 15.6 Å². The molecule has 2 aromatic heterocycles. The summed E-state index contributed by atoms with van der Waals surface area (Å²) in [5.41, 5.74) is 2.50. The first-order valence-corrected chi connectivity index (χ1v) is 8.50. The van der Waals surface area contributed by atoms with Crippen molar-refractivity contribution in [3.63, 3.8) is 0 Å². The molecule has 28 heavy (non-hydrogen) atoms. The van der Waals surface area contributed by atoms with Gasteiger partial charge in [-0.1, -0.05) is 12.1 Å². The van der Waals surface area contributed by atoms with Crippen LogP contribution in [0.15, 0.2) is 73.1 Å². The second-order valence-electron chi connectivity index (χ2n) is 6.10. The van der Waals surface area contributed by atoms with Crippen LogP contribution in [-0.2, 0) is 0 Å². The van der Waals surface area contributed by atoms with Gasteiger partial charge in [0.25, 0.3) is 0 Å². The zero-order chi connectivity index (χ0) is 19.5. The lowest BCUT2D eigenvalue weighted by Gasteiger charge is -2.09. The molecule has 0 bridgehead atoms. The van der Waals surface area contributed by atoms with Crippen molar-refractivity contribution in [2.24, 2.45) is 0 Å². The Morgan fingerprint density at radius 1 is 0.929 bits per heavy atom. The number of aromatic amines is 1. The largest absolute Gasteiger partial charge is 0.345 e. The highest BCUT2D eigenvalue weighted by atomic mass is 19.1. The van der Waals surface area contributed by atoms with Gasteiger partial charge in [0.1, 0.15) is 11.5 Å². The maximum atomic E-state index is 12.9. The average molecular weight is 374 g/mol. The van der Waals surface area contributed by atoms with Crippen molar-refractivity contribution in [3.05, 3.63) is 90.0 Å². The number of benzene rings is 2. The van der Waals surface area contributed by atoms with Gasteiger partial charge in [-0.25, -0.2) is 14.2 Å². The topological polar surface area (TPSA) is 86.9 Å². The van der Waals surface area contributed by atoms with E-state index < -0.39 is 6.03 Å². The minimum Gasteiger partial charge on any atom is -0.345 e. The number of nitrogens with one attached hydrogen (secondary N) is 3. The number of carbonyl (C=O) groups excluding carboxylic acids is 2. The van der Waals surface area contributed by atoms with E-state index in [1.54, 1.807) is 42.7 Å². The van der Waals surface area contributed by atoms with Gasteiger partial charge in [-0.2, -0.15) is 0 Å². The number of pyridine rings is 1. The molecule has 0 radical (unpaired) electrons. The van der Waals surface area contributed by atoms with Crippen LogP contribution in [-0.4, -0.2) is 21.8 Å². The number of urea groups is 1. The van der Waals surface area contributed by atoms with E-state index in [9.17, 15) is 14.0 Å². The predicted molar refractivity (Wildman–Crippen MR) is 105 cm³/mol. The molecule has 0 atom stereocenters. The third-order valence-corrected chi connectivity index (χ3v) is 4.18. The molecule has 0 saturated heterocycles. The Bertz CT molecular complexity index is 1170. The Labute approximate surface area is 159 Å². The van der Waals surface area contributed by atoms with Crippen molar-refractivity contribution >= 4 is 34.2 Å². The highest BCUT2D eigenvalue weighted by Gasteiger charge is 2.15. The third-order valence-electron chi connectivity index (χ3n) is 4.18. The van der Waals surface area contributed by atoms with Crippen LogP contribution in [0.3, 0.4) is 0 Å². The van der Waals surface area contributed by atoms with Gasteiger partial charge in [-0.3, -0.25) is 4.79 Å². The number of ketones is 1. The highest BCUT2D eigenvalue weighted by molar-refractivity contribution is 6.16. The summed E-state index contributed by atoms with van der Waals surface area (Å²) in [6, 6.07) is 15.2. The lowest BCUT2D eigenvalue weighted by Crippen LogP contribution is -2.19. The summed E-state index contributed by atoms with van der Waals surface area (Å²) < 4.78 is 12.9. The van der Waals surface area contributed by atoms with Crippen LogP contribution in [0.5, 0.6) is 0 Å². The van der Waals surface area contributed by atoms with E-state index in [1.165, 1.54) is 24.3 Å². The van der Waals surface area contributed by atoms with Crippen LogP contribution in [0, 0.1) is 5.82 Å². The Hall–Kier alpha value is -4.00. The van der Waals surface area contributed by atoms with E-state index in [2.05, 4.69) is 20.6 Å². The number of halogens is 1. The normalized spacial score (nSPS) is 10.6. The number of fused-ring (bicyclic) bond motifs is 1. The van der Waals surface area contributed by atoms with Crippen LogP contribution in [0.4, 0.5) is 20.6 Å². The molecule has 2 aromatic carbocycles. The fourth-order valence-electron chi connectivity index (χ4n) is 2.86. The highest BCUT2D eigenvalue weighted by Crippen LogP contribution is 2.21. The second kappa shape index (κ2) is 7.32. The van der Waals surface area contributed by atoms with Gasteiger partial charge in [0.15, 0.2) is 5.78 Å². The van der Waals surface area contributed by atoms with Gasteiger partial charge in [0.05, 0.1) is 0 Å². The first kappa shape index (κ1) is 17.4. The zero-order valence-corrected chi connectivity index (χ0v) is 14.6.